The summed E-state index contributed by atoms with van der Waals surface area (Å²) in [5.74, 6) is 0. The van der Waals surface area contributed by atoms with Gasteiger partial charge in [-0.05, 0) is 23.3 Å². The van der Waals surface area contributed by atoms with Crippen LogP contribution in [-0.2, 0) is 13.0 Å². The van der Waals surface area contributed by atoms with Crippen LogP contribution >= 0.6 is 23.1 Å². The number of thioether (sulfide) groups is 1. The molecular formula is C21H20N3OS2+. The third kappa shape index (κ3) is 2.63. The molecule has 3 heterocycles. The first-order chi connectivity index (χ1) is 13.2. The number of aromatic nitrogens is 2. The van der Waals surface area contributed by atoms with E-state index < -0.39 is 0 Å². The lowest BCUT2D eigenvalue weighted by Gasteiger charge is -2.19. The molecule has 1 atom stereocenters. The second-order valence-corrected chi connectivity index (χ2v) is 8.91. The van der Waals surface area contributed by atoms with Gasteiger partial charge in [0.2, 0.25) is 0 Å². The Morgan fingerprint density at radius 3 is 2.85 bits per heavy atom. The van der Waals surface area contributed by atoms with Crippen molar-refractivity contribution >= 4 is 44.1 Å². The quantitative estimate of drug-likeness (QED) is 0.420. The molecule has 5 rings (SSSR count). The van der Waals surface area contributed by atoms with Gasteiger partial charge in [0.1, 0.15) is 11.4 Å². The highest BCUT2D eigenvalue weighted by molar-refractivity contribution is 7.98. The first kappa shape index (κ1) is 17.0. The van der Waals surface area contributed by atoms with E-state index in [4.69, 9.17) is 4.98 Å². The van der Waals surface area contributed by atoms with Gasteiger partial charge in [0.15, 0.2) is 5.16 Å². The molecular weight excluding hydrogens is 374 g/mol. The minimum absolute atomic E-state index is 0.0674. The highest BCUT2D eigenvalue weighted by Gasteiger charge is 2.26. The van der Waals surface area contributed by atoms with Crippen LogP contribution in [0.3, 0.4) is 0 Å². The smallest absolute Gasteiger partial charge is 0.267 e. The van der Waals surface area contributed by atoms with E-state index in [2.05, 4.69) is 25.2 Å². The summed E-state index contributed by atoms with van der Waals surface area (Å²) in [6.07, 6.45) is 2.94. The Labute approximate surface area is 165 Å². The van der Waals surface area contributed by atoms with E-state index in [0.717, 1.165) is 51.3 Å². The zero-order valence-corrected chi connectivity index (χ0v) is 16.9. The molecule has 0 saturated heterocycles. The lowest BCUT2D eigenvalue weighted by Crippen LogP contribution is -3.08. The Morgan fingerprint density at radius 2 is 2.00 bits per heavy atom. The molecule has 0 radical (unpaired) electrons. The van der Waals surface area contributed by atoms with Crippen molar-refractivity contribution in [1.82, 2.24) is 9.55 Å². The van der Waals surface area contributed by atoms with Crippen molar-refractivity contribution in [2.75, 3.05) is 19.8 Å². The van der Waals surface area contributed by atoms with Crippen molar-refractivity contribution in [3.8, 4) is 5.69 Å². The minimum atomic E-state index is 0.0674. The predicted molar refractivity (Wildman–Crippen MR) is 114 cm³/mol. The Balaban J connectivity index is 1.87. The maximum Gasteiger partial charge on any atom is 0.267 e. The van der Waals surface area contributed by atoms with E-state index in [9.17, 15) is 4.79 Å². The minimum Gasteiger partial charge on any atom is -0.333 e. The molecule has 0 saturated carbocycles. The molecule has 2 aromatic heterocycles. The van der Waals surface area contributed by atoms with Gasteiger partial charge in [-0.1, -0.05) is 48.2 Å². The molecule has 1 aliphatic heterocycles. The fraction of sp³-hybridized carbons (Fsp3) is 0.238. The van der Waals surface area contributed by atoms with E-state index in [1.54, 1.807) is 11.3 Å². The van der Waals surface area contributed by atoms with Crippen molar-refractivity contribution in [1.29, 1.82) is 0 Å². The van der Waals surface area contributed by atoms with Crippen LogP contribution in [0.1, 0.15) is 10.4 Å². The number of nitrogens with one attached hydrogen (secondary N) is 1. The summed E-state index contributed by atoms with van der Waals surface area (Å²) in [7, 11) is 2.21. The first-order valence-electron chi connectivity index (χ1n) is 9.08. The van der Waals surface area contributed by atoms with Crippen molar-refractivity contribution in [3.05, 3.63) is 63.3 Å². The number of rotatable bonds is 2. The molecule has 4 aromatic rings. The molecule has 0 bridgehead atoms. The number of fused-ring (bicyclic) bond motifs is 4. The van der Waals surface area contributed by atoms with E-state index in [0.29, 0.717) is 0 Å². The summed E-state index contributed by atoms with van der Waals surface area (Å²) in [5, 5.41) is 3.79. The van der Waals surface area contributed by atoms with Gasteiger partial charge < -0.3 is 4.90 Å². The monoisotopic (exact) mass is 394 g/mol. The normalized spacial score (nSPS) is 16.7. The third-order valence-electron chi connectivity index (χ3n) is 5.33. The molecule has 0 amide bonds. The van der Waals surface area contributed by atoms with Crippen LogP contribution in [0.25, 0.3) is 26.7 Å². The van der Waals surface area contributed by atoms with Crippen LogP contribution in [0.4, 0.5) is 0 Å². The lowest BCUT2D eigenvalue weighted by atomic mass is 10.1. The van der Waals surface area contributed by atoms with Gasteiger partial charge in [-0.15, -0.1) is 11.3 Å². The molecule has 2 aromatic carbocycles. The van der Waals surface area contributed by atoms with Crippen molar-refractivity contribution in [2.24, 2.45) is 0 Å². The van der Waals surface area contributed by atoms with E-state index in [1.165, 1.54) is 27.1 Å². The molecule has 1 aliphatic rings. The SMILES string of the molecule is CSc1nc2sc3c(c2c(=O)n1-c1cccc2ccccc12)CC[NH+](C)C3. The standard InChI is InChI=1S/C21H19N3OS2/c1-23-11-10-15-17(12-23)27-19-18(15)20(25)24(21(22-19)26-2)16-9-5-7-13-6-3-4-8-14(13)16/h3-9H,10-12H2,1-2H3/p+1. The van der Waals surface area contributed by atoms with Gasteiger partial charge in [-0.2, -0.15) is 0 Å². The van der Waals surface area contributed by atoms with Gasteiger partial charge in [0, 0.05) is 11.8 Å². The molecule has 4 nitrogen and oxygen atoms in total. The van der Waals surface area contributed by atoms with Crippen molar-refractivity contribution in [2.45, 2.75) is 18.1 Å². The van der Waals surface area contributed by atoms with Crippen LogP contribution in [0.15, 0.2) is 52.4 Å². The topological polar surface area (TPSA) is 39.3 Å². The summed E-state index contributed by atoms with van der Waals surface area (Å²) < 4.78 is 1.81. The number of hydrogen-bond donors (Lipinski definition) is 1. The summed E-state index contributed by atoms with van der Waals surface area (Å²) in [6.45, 7) is 2.05. The van der Waals surface area contributed by atoms with Crippen LogP contribution < -0.4 is 10.5 Å². The Hall–Kier alpha value is -2.15. The number of nitrogens with zero attached hydrogens (tertiary/aromatic N) is 2. The zero-order valence-electron chi connectivity index (χ0n) is 15.3. The highest BCUT2D eigenvalue weighted by atomic mass is 32.2. The number of quaternary nitrogens is 1. The number of thiophene rings is 1. The summed E-state index contributed by atoms with van der Waals surface area (Å²) >= 11 is 3.22. The highest BCUT2D eigenvalue weighted by Crippen LogP contribution is 2.32. The van der Waals surface area contributed by atoms with E-state index in [-0.39, 0.29) is 5.56 Å². The molecule has 1 unspecified atom stereocenters. The Bertz CT molecular complexity index is 1240. The zero-order chi connectivity index (χ0) is 18.5. The van der Waals surface area contributed by atoms with Gasteiger partial charge in [0.05, 0.1) is 29.5 Å². The molecule has 6 heteroatoms. The van der Waals surface area contributed by atoms with Gasteiger partial charge in [0.25, 0.3) is 5.56 Å². The van der Waals surface area contributed by atoms with Crippen LogP contribution in [0, 0.1) is 0 Å². The Kier molecular flexibility index (Phi) is 4.07. The molecule has 1 N–H and O–H groups in total. The van der Waals surface area contributed by atoms with E-state index >= 15 is 0 Å². The summed E-state index contributed by atoms with van der Waals surface area (Å²) in [5.41, 5.74) is 2.20. The maximum atomic E-state index is 13.7. The van der Waals surface area contributed by atoms with Crippen molar-refractivity contribution < 1.29 is 4.90 Å². The molecule has 0 fully saturated rings. The lowest BCUT2D eigenvalue weighted by molar-refractivity contribution is -0.895. The second kappa shape index (κ2) is 6.48. The molecule has 0 spiro atoms. The van der Waals surface area contributed by atoms with Crippen LogP contribution in [0.2, 0.25) is 0 Å². The number of benzene rings is 2. The average molecular weight is 395 g/mol. The first-order valence-corrected chi connectivity index (χ1v) is 11.1. The summed E-state index contributed by atoms with van der Waals surface area (Å²) in [4.78, 5) is 22.3. The molecule has 27 heavy (non-hydrogen) atoms. The fourth-order valence-electron chi connectivity index (χ4n) is 3.99. The van der Waals surface area contributed by atoms with Crippen LogP contribution in [0.5, 0.6) is 0 Å². The Morgan fingerprint density at radius 1 is 1.19 bits per heavy atom. The maximum absolute atomic E-state index is 13.7. The third-order valence-corrected chi connectivity index (χ3v) is 7.10. The van der Waals surface area contributed by atoms with Crippen molar-refractivity contribution in [3.63, 3.8) is 0 Å². The number of likely N-dealkylation sites (N-methyl/N-ethyl adjacent to an activating group) is 1. The van der Waals surface area contributed by atoms with Gasteiger partial charge >= 0.3 is 0 Å². The van der Waals surface area contributed by atoms with Gasteiger partial charge in [-0.3, -0.25) is 9.36 Å². The fourth-order valence-corrected chi connectivity index (χ4v) is 5.92. The summed E-state index contributed by atoms with van der Waals surface area (Å²) in [6, 6.07) is 14.3. The van der Waals surface area contributed by atoms with Gasteiger partial charge in [-0.25, -0.2) is 4.98 Å². The number of hydrogen-bond acceptors (Lipinski definition) is 4. The predicted octanol–water partition coefficient (Wildman–Crippen LogP) is 2.89. The second-order valence-electron chi connectivity index (χ2n) is 7.06. The molecule has 0 aliphatic carbocycles. The van der Waals surface area contributed by atoms with E-state index in [1.807, 2.05) is 35.1 Å². The van der Waals surface area contributed by atoms with Crippen LogP contribution in [-0.4, -0.2) is 29.4 Å². The molecule has 136 valence electrons. The average Bonchev–Trinajstić information content (AvgIpc) is 3.05. The largest absolute Gasteiger partial charge is 0.333 e.